The molecule has 0 fully saturated rings. The van der Waals surface area contributed by atoms with Gasteiger partial charge in [-0.2, -0.15) is 0 Å². The molecule has 0 saturated heterocycles. The molecule has 2 amide bonds. The first-order valence-corrected chi connectivity index (χ1v) is 5.02. The highest BCUT2D eigenvalue weighted by molar-refractivity contribution is 5.80. The van der Waals surface area contributed by atoms with Gasteiger partial charge in [0.15, 0.2) is 0 Å². The molecule has 7 nitrogen and oxygen atoms in total. The van der Waals surface area contributed by atoms with Gasteiger partial charge in [0.1, 0.15) is 12.1 Å². The number of nitrogens with zero attached hydrogens (tertiary/aromatic N) is 1. The molecule has 98 valence electrons. The Kier molecular flexibility index (Phi) is 5.43. The lowest BCUT2D eigenvalue weighted by Crippen LogP contribution is -2.38. The predicted octanol–water partition coefficient (Wildman–Crippen LogP) is 0.448. The topological polar surface area (TPSA) is 84.9 Å². The van der Waals surface area contributed by atoms with Crippen molar-refractivity contribution in [3.8, 4) is 0 Å². The van der Waals surface area contributed by atoms with Crippen molar-refractivity contribution in [1.29, 1.82) is 0 Å². The fourth-order valence-electron chi connectivity index (χ4n) is 0.735. The lowest BCUT2D eigenvalue weighted by Gasteiger charge is -2.19. The third kappa shape index (κ3) is 8.06. The van der Waals surface area contributed by atoms with Crippen LogP contribution in [0.1, 0.15) is 27.7 Å². The Bertz CT molecular complexity index is 308. The molecule has 0 heterocycles. The van der Waals surface area contributed by atoms with Gasteiger partial charge >= 0.3 is 12.1 Å². The summed E-state index contributed by atoms with van der Waals surface area (Å²) in [5.41, 5.74) is 1.16. The van der Waals surface area contributed by atoms with Crippen molar-refractivity contribution in [2.24, 2.45) is 0 Å². The van der Waals surface area contributed by atoms with Crippen LogP contribution in [0.4, 0.5) is 4.79 Å². The second-order valence-corrected chi connectivity index (χ2v) is 4.45. The van der Waals surface area contributed by atoms with Crippen LogP contribution in [-0.4, -0.2) is 42.1 Å². The maximum Gasteiger partial charge on any atom is 0.441 e. The van der Waals surface area contributed by atoms with Crippen molar-refractivity contribution in [1.82, 2.24) is 10.4 Å². The number of hydrogen-bond acceptors (Lipinski definition) is 5. The molecule has 0 rings (SSSR count). The molecule has 7 heteroatoms. The summed E-state index contributed by atoms with van der Waals surface area (Å²) >= 11 is 0. The molecular weight excluding hydrogens is 228 g/mol. The molecule has 0 aromatic heterocycles. The van der Waals surface area contributed by atoms with Crippen molar-refractivity contribution < 1.29 is 24.0 Å². The number of hydroxylamine groups is 1. The second kappa shape index (κ2) is 6.07. The van der Waals surface area contributed by atoms with Crippen LogP contribution in [0, 0.1) is 0 Å². The van der Waals surface area contributed by atoms with Gasteiger partial charge in [0, 0.05) is 14.0 Å². The van der Waals surface area contributed by atoms with E-state index < -0.39 is 17.7 Å². The molecule has 0 atom stereocenters. The van der Waals surface area contributed by atoms with Gasteiger partial charge in [-0.1, -0.05) is 0 Å². The van der Waals surface area contributed by atoms with E-state index >= 15 is 0 Å². The molecule has 17 heavy (non-hydrogen) atoms. The van der Waals surface area contributed by atoms with Crippen LogP contribution in [0.2, 0.25) is 0 Å². The summed E-state index contributed by atoms with van der Waals surface area (Å²) in [5.74, 6) is -1.03. The van der Waals surface area contributed by atoms with Gasteiger partial charge in [-0.25, -0.2) is 9.59 Å². The number of nitrogens with one attached hydrogen (secondary N) is 1. The van der Waals surface area contributed by atoms with Crippen LogP contribution in [0.5, 0.6) is 0 Å². The third-order valence-electron chi connectivity index (χ3n) is 1.55. The monoisotopic (exact) mass is 246 g/mol. The number of hydrogen-bond donors (Lipinski definition) is 1. The van der Waals surface area contributed by atoms with E-state index in [2.05, 4.69) is 4.84 Å². The molecule has 0 unspecified atom stereocenters. The number of carbonyl (C=O) groups excluding carboxylic acids is 3. The summed E-state index contributed by atoms with van der Waals surface area (Å²) in [6.45, 7) is 6.10. The summed E-state index contributed by atoms with van der Waals surface area (Å²) < 4.78 is 4.83. The molecule has 0 aliphatic carbocycles. The average Bonchev–Trinajstić information content (AvgIpc) is 2.11. The van der Waals surface area contributed by atoms with E-state index in [1.54, 1.807) is 20.8 Å². The van der Waals surface area contributed by atoms with Gasteiger partial charge in [-0.15, -0.1) is 5.48 Å². The van der Waals surface area contributed by atoms with Gasteiger partial charge in [-0.05, 0) is 20.8 Å². The number of rotatable bonds is 2. The first-order valence-electron chi connectivity index (χ1n) is 5.02. The molecule has 0 saturated carbocycles. The summed E-state index contributed by atoms with van der Waals surface area (Å²) in [4.78, 5) is 38.6. The van der Waals surface area contributed by atoms with Crippen LogP contribution in [0.3, 0.4) is 0 Å². The zero-order valence-electron chi connectivity index (χ0n) is 10.7. The Morgan fingerprint density at radius 1 is 1.24 bits per heavy atom. The van der Waals surface area contributed by atoms with E-state index in [9.17, 15) is 14.4 Å². The SMILES string of the molecule is CC(=O)N(C)CC(=O)ONC(=O)OC(C)(C)C. The Balaban J connectivity index is 3.93. The second-order valence-electron chi connectivity index (χ2n) is 4.45. The van der Waals surface area contributed by atoms with E-state index in [1.807, 2.05) is 5.48 Å². The zero-order chi connectivity index (χ0) is 13.6. The van der Waals surface area contributed by atoms with E-state index in [4.69, 9.17) is 4.74 Å². The van der Waals surface area contributed by atoms with Gasteiger partial charge in [0.05, 0.1) is 0 Å². The summed E-state index contributed by atoms with van der Waals surface area (Å²) in [6.07, 6.45) is -0.865. The highest BCUT2D eigenvalue weighted by Gasteiger charge is 2.18. The molecule has 0 radical (unpaired) electrons. The summed E-state index contributed by atoms with van der Waals surface area (Å²) in [7, 11) is 1.44. The first kappa shape index (κ1) is 15.2. The fourth-order valence-corrected chi connectivity index (χ4v) is 0.735. The molecule has 1 N–H and O–H groups in total. The van der Waals surface area contributed by atoms with Crippen LogP contribution >= 0.6 is 0 Å². The summed E-state index contributed by atoms with van der Waals surface area (Å²) in [6, 6.07) is 0. The van der Waals surface area contributed by atoms with Crippen molar-refractivity contribution in [2.45, 2.75) is 33.3 Å². The Labute approximate surface area is 100.0 Å². The van der Waals surface area contributed by atoms with Crippen molar-refractivity contribution in [2.75, 3.05) is 13.6 Å². The van der Waals surface area contributed by atoms with E-state index in [-0.39, 0.29) is 12.5 Å². The van der Waals surface area contributed by atoms with Crippen molar-refractivity contribution in [3.63, 3.8) is 0 Å². The summed E-state index contributed by atoms with van der Waals surface area (Å²) in [5, 5.41) is 0. The lowest BCUT2D eigenvalue weighted by molar-refractivity contribution is -0.153. The maximum atomic E-state index is 11.1. The van der Waals surface area contributed by atoms with E-state index in [0.29, 0.717) is 0 Å². The Hall–Kier alpha value is -1.79. The quantitative estimate of drug-likeness (QED) is 0.715. The van der Waals surface area contributed by atoms with Crippen LogP contribution in [0.25, 0.3) is 0 Å². The zero-order valence-corrected chi connectivity index (χ0v) is 10.7. The normalized spacial score (nSPS) is 10.4. The molecule has 0 aromatic carbocycles. The van der Waals surface area contributed by atoms with Gasteiger partial charge in [-0.3, -0.25) is 4.79 Å². The van der Waals surface area contributed by atoms with Crippen molar-refractivity contribution in [3.05, 3.63) is 0 Å². The average molecular weight is 246 g/mol. The lowest BCUT2D eigenvalue weighted by atomic mass is 10.2. The molecule has 0 aliphatic rings. The molecule has 0 bridgehead atoms. The fraction of sp³-hybridized carbons (Fsp3) is 0.700. The molecule has 0 aromatic rings. The molecule has 0 spiro atoms. The van der Waals surface area contributed by atoms with Crippen LogP contribution < -0.4 is 5.48 Å². The highest BCUT2D eigenvalue weighted by Crippen LogP contribution is 2.06. The van der Waals surface area contributed by atoms with Crippen LogP contribution in [0.15, 0.2) is 0 Å². The smallest absolute Gasteiger partial charge is 0.441 e. The van der Waals surface area contributed by atoms with E-state index in [1.165, 1.54) is 14.0 Å². The molecular formula is C10H18N2O5. The standard InChI is InChI=1S/C10H18N2O5/c1-7(13)12(5)6-8(14)17-11-9(15)16-10(2,3)4/h6H2,1-5H3,(H,11,15). The van der Waals surface area contributed by atoms with Crippen molar-refractivity contribution >= 4 is 18.0 Å². The maximum absolute atomic E-state index is 11.1. The Morgan fingerprint density at radius 3 is 2.18 bits per heavy atom. The van der Waals surface area contributed by atoms with E-state index in [0.717, 1.165) is 4.90 Å². The number of amides is 2. The largest absolute Gasteiger partial charge is 0.442 e. The minimum Gasteiger partial charge on any atom is -0.442 e. The number of ether oxygens (including phenoxy) is 1. The van der Waals surface area contributed by atoms with Crippen LogP contribution in [-0.2, 0) is 19.2 Å². The predicted molar refractivity (Wildman–Crippen MR) is 58.8 cm³/mol. The number of carbonyl (C=O) groups is 3. The van der Waals surface area contributed by atoms with Gasteiger partial charge in [0.2, 0.25) is 5.91 Å². The highest BCUT2D eigenvalue weighted by atomic mass is 16.7. The molecule has 0 aliphatic heterocycles. The Morgan fingerprint density at radius 2 is 1.76 bits per heavy atom. The van der Waals surface area contributed by atoms with Gasteiger partial charge < -0.3 is 14.5 Å². The minimum atomic E-state index is -0.865. The minimum absolute atomic E-state index is 0.245. The third-order valence-corrected chi connectivity index (χ3v) is 1.55. The number of likely N-dealkylation sites (N-methyl/N-ethyl adjacent to an activating group) is 1. The first-order chi connectivity index (χ1) is 7.61. The van der Waals surface area contributed by atoms with Gasteiger partial charge in [0.25, 0.3) is 0 Å².